The van der Waals surface area contributed by atoms with Crippen molar-refractivity contribution in [3.63, 3.8) is 0 Å². The van der Waals surface area contributed by atoms with E-state index in [1.165, 1.54) is 0 Å². The lowest BCUT2D eigenvalue weighted by Crippen LogP contribution is -2.48. The first kappa shape index (κ1) is 36.7. The van der Waals surface area contributed by atoms with E-state index in [1.54, 1.807) is 0 Å². The molecule has 2 aliphatic rings. The number of ether oxygens (including phenoxy) is 2. The predicted octanol–water partition coefficient (Wildman–Crippen LogP) is 3.76. The van der Waals surface area contributed by atoms with E-state index < -0.39 is 0 Å². The number of benzene rings is 3. The van der Waals surface area contributed by atoms with Crippen LogP contribution in [0.25, 0.3) is 0 Å². The minimum absolute atomic E-state index is 0.0351. The summed E-state index contributed by atoms with van der Waals surface area (Å²) in [6.07, 6.45) is 1.66. The molecular formula is C37H46N16O2. The number of anilines is 9. The fraction of sp³-hybridized carbons (Fsp3) is 0.324. The van der Waals surface area contributed by atoms with Crippen molar-refractivity contribution in [3.8, 4) is 11.5 Å². The van der Waals surface area contributed by atoms with Crippen LogP contribution in [0.3, 0.4) is 0 Å². The number of hydrogen-bond donors (Lipinski definition) is 7. The number of nitrogens with zero attached hydrogens (tertiary/aromatic N) is 9. The van der Waals surface area contributed by atoms with Gasteiger partial charge >= 0.3 is 0 Å². The molecule has 0 unspecified atom stereocenters. The number of nitrogens with two attached hydrogens (primary N) is 2. The zero-order valence-electron chi connectivity index (χ0n) is 30.5. The van der Waals surface area contributed by atoms with Gasteiger partial charge in [-0.15, -0.1) is 0 Å². The summed E-state index contributed by atoms with van der Waals surface area (Å²) in [6.45, 7) is 6.92. The summed E-state index contributed by atoms with van der Waals surface area (Å²) in [4.78, 5) is 34.2. The van der Waals surface area contributed by atoms with Gasteiger partial charge in [-0.1, -0.05) is 18.2 Å². The van der Waals surface area contributed by atoms with Gasteiger partial charge in [-0.25, -0.2) is 0 Å². The smallest absolute Gasteiger partial charge is 0.233 e. The third-order valence-corrected chi connectivity index (χ3v) is 8.90. The maximum Gasteiger partial charge on any atom is 0.233 e. The third kappa shape index (κ3) is 10.5. The van der Waals surface area contributed by atoms with Gasteiger partial charge in [0.15, 0.2) is 5.96 Å². The van der Waals surface area contributed by atoms with Gasteiger partial charge in [0.25, 0.3) is 0 Å². The van der Waals surface area contributed by atoms with Crippen LogP contribution in [-0.4, -0.2) is 101 Å². The molecule has 18 nitrogen and oxygen atoms in total. The highest BCUT2D eigenvalue weighted by atomic mass is 16.5. The van der Waals surface area contributed by atoms with Crippen LogP contribution in [0.2, 0.25) is 0 Å². The zero-order valence-corrected chi connectivity index (χ0v) is 30.5. The summed E-state index contributed by atoms with van der Waals surface area (Å²) in [5.41, 5.74) is 14.4. The average Bonchev–Trinajstić information content (AvgIpc) is 3.21. The molecule has 4 heterocycles. The van der Waals surface area contributed by atoms with E-state index in [0.29, 0.717) is 74.8 Å². The van der Waals surface area contributed by atoms with Crippen LogP contribution in [0.15, 0.2) is 78.9 Å². The van der Waals surface area contributed by atoms with Crippen LogP contribution >= 0.6 is 0 Å². The molecule has 0 radical (unpaired) electrons. The van der Waals surface area contributed by atoms with E-state index >= 15 is 0 Å². The maximum atomic E-state index is 7.34. The van der Waals surface area contributed by atoms with E-state index in [2.05, 4.69) is 63.1 Å². The zero-order chi connectivity index (χ0) is 37.8. The molecule has 2 aromatic heterocycles. The molecule has 9 N–H and O–H groups in total. The van der Waals surface area contributed by atoms with E-state index in [1.807, 2.05) is 66.7 Å². The van der Waals surface area contributed by atoms with Crippen molar-refractivity contribution in [1.82, 2.24) is 35.2 Å². The minimum atomic E-state index is -0.0351. The Morgan fingerprint density at radius 1 is 0.636 bits per heavy atom. The third-order valence-electron chi connectivity index (χ3n) is 8.90. The Labute approximate surface area is 319 Å². The van der Waals surface area contributed by atoms with Crippen LogP contribution in [0.5, 0.6) is 11.5 Å². The molecule has 2 fully saturated rings. The molecular weight excluding hydrogens is 701 g/mol. The van der Waals surface area contributed by atoms with Crippen molar-refractivity contribution < 1.29 is 9.47 Å². The topological polar surface area (TPSA) is 230 Å². The lowest BCUT2D eigenvalue weighted by molar-refractivity contribution is 0.122. The van der Waals surface area contributed by atoms with E-state index in [9.17, 15) is 0 Å². The van der Waals surface area contributed by atoms with Crippen LogP contribution < -0.4 is 52.2 Å². The first-order valence-electron chi connectivity index (χ1n) is 18.3. The van der Waals surface area contributed by atoms with Gasteiger partial charge in [-0.3, -0.25) is 5.41 Å². The second-order valence-corrected chi connectivity index (χ2v) is 12.9. The highest BCUT2D eigenvalue weighted by molar-refractivity contribution is 5.74. The van der Waals surface area contributed by atoms with Crippen molar-refractivity contribution in [2.45, 2.75) is 12.8 Å². The number of aromatic nitrogens is 6. The van der Waals surface area contributed by atoms with E-state index in [-0.39, 0.29) is 11.9 Å². The van der Waals surface area contributed by atoms with Gasteiger partial charge in [0.1, 0.15) is 11.5 Å². The number of guanidine groups is 1. The van der Waals surface area contributed by atoms with Gasteiger partial charge in [-0.05, 0) is 73.5 Å². The number of unbranched alkanes of at least 4 members (excludes halogenated alkanes) is 1. The van der Waals surface area contributed by atoms with Crippen molar-refractivity contribution >= 4 is 58.7 Å². The second-order valence-electron chi connectivity index (χ2n) is 12.9. The lowest BCUT2D eigenvalue weighted by atomic mass is 10.2. The van der Waals surface area contributed by atoms with Crippen molar-refractivity contribution in [2.24, 2.45) is 5.73 Å². The maximum absolute atomic E-state index is 7.34. The fourth-order valence-electron chi connectivity index (χ4n) is 6.07. The van der Waals surface area contributed by atoms with Gasteiger partial charge in [0, 0.05) is 69.4 Å². The van der Waals surface area contributed by atoms with Gasteiger partial charge < -0.3 is 56.9 Å². The van der Waals surface area contributed by atoms with Crippen LogP contribution in [0.4, 0.5) is 52.8 Å². The average molecular weight is 747 g/mol. The molecule has 3 aromatic carbocycles. The summed E-state index contributed by atoms with van der Waals surface area (Å²) >= 11 is 0. The summed E-state index contributed by atoms with van der Waals surface area (Å²) in [5.74, 6) is 3.87. The Balaban J connectivity index is 0.999. The predicted molar refractivity (Wildman–Crippen MR) is 215 cm³/mol. The van der Waals surface area contributed by atoms with E-state index in [0.717, 1.165) is 62.0 Å². The van der Waals surface area contributed by atoms with Crippen LogP contribution in [0, 0.1) is 5.41 Å². The molecule has 0 spiro atoms. The molecule has 5 aromatic rings. The number of nitrogens with one attached hydrogen (secondary N) is 5. The number of rotatable bonds is 15. The molecule has 0 saturated carbocycles. The lowest BCUT2D eigenvalue weighted by Gasteiger charge is -2.34. The second kappa shape index (κ2) is 17.9. The fourth-order valence-corrected chi connectivity index (χ4v) is 6.07. The quantitative estimate of drug-likeness (QED) is 0.0459. The number of para-hydroxylation sites is 1. The SMILES string of the molecule is N=C(N)NCCCCNc1nc(Nc2ccc(Oc3ccccc3)cc2)nc(N2CCN(c3nc(N)nc(Nc4ccc(N5CCOCC5)cc4)n3)CC2)n1. The highest BCUT2D eigenvalue weighted by Gasteiger charge is 2.23. The van der Waals surface area contributed by atoms with Crippen LogP contribution in [-0.2, 0) is 4.74 Å². The molecule has 55 heavy (non-hydrogen) atoms. The molecule has 0 bridgehead atoms. The highest BCUT2D eigenvalue weighted by Crippen LogP contribution is 2.26. The Morgan fingerprint density at radius 3 is 1.85 bits per heavy atom. The number of morpholine rings is 1. The minimum Gasteiger partial charge on any atom is -0.457 e. The van der Waals surface area contributed by atoms with Crippen LogP contribution in [0.1, 0.15) is 12.8 Å². The van der Waals surface area contributed by atoms with Crippen molar-refractivity contribution in [3.05, 3.63) is 78.9 Å². The number of hydrogen-bond acceptors (Lipinski definition) is 16. The molecule has 286 valence electrons. The van der Waals surface area contributed by atoms with E-state index in [4.69, 9.17) is 41.3 Å². The first-order valence-corrected chi connectivity index (χ1v) is 18.3. The van der Waals surface area contributed by atoms with Gasteiger partial charge in [-0.2, -0.15) is 29.9 Å². The molecule has 2 saturated heterocycles. The standard InChI is InChI=1S/C37H46N16O2/c38-31(39)41-16-4-5-17-42-33-47-35(44-27-10-14-30(15-11-27)55-29-6-2-1-3-7-29)50-37(48-33)53-20-18-52(19-21-53)36-46-32(40)45-34(49-36)43-26-8-12-28(13-9-26)51-22-24-54-25-23-51/h1-3,6-15H,4-5,16-25H2,(H4,38,39,41)(H3,40,43,45,46,49)(H2,42,44,47,48,50). The number of nitrogen functional groups attached to an aromatic ring is 1. The Hall–Kier alpha value is -6.69. The number of piperazine rings is 1. The summed E-state index contributed by atoms with van der Waals surface area (Å²) in [5, 5.41) is 20.1. The molecule has 0 amide bonds. The Bertz CT molecular complexity index is 1990. The van der Waals surface area contributed by atoms with Gasteiger partial charge in [0.05, 0.1) is 13.2 Å². The van der Waals surface area contributed by atoms with Crippen molar-refractivity contribution in [1.29, 1.82) is 5.41 Å². The first-order chi connectivity index (χ1) is 26.9. The Kier molecular flexibility index (Phi) is 11.9. The largest absolute Gasteiger partial charge is 0.457 e. The molecule has 18 heteroatoms. The molecule has 2 aliphatic heterocycles. The summed E-state index contributed by atoms with van der Waals surface area (Å²) in [7, 11) is 0. The molecule has 7 rings (SSSR count). The Morgan fingerprint density at radius 2 is 1.20 bits per heavy atom. The summed E-state index contributed by atoms with van der Waals surface area (Å²) in [6, 6.07) is 25.4. The van der Waals surface area contributed by atoms with Gasteiger partial charge in [0.2, 0.25) is 35.7 Å². The summed E-state index contributed by atoms with van der Waals surface area (Å²) < 4.78 is 11.4. The molecule has 0 atom stereocenters. The monoisotopic (exact) mass is 746 g/mol. The van der Waals surface area contributed by atoms with Crippen molar-refractivity contribution in [2.75, 3.05) is 102 Å². The normalized spacial score (nSPS) is 14.3. The molecule has 0 aliphatic carbocycles.